The summed E-state index contributed by atoms with van der Waals surface area (Å²) in [6, 6.07) is 3.48. The van der Waals surface area contributed by atoms with Gasteiger partial charge in [0, 0.05) is 6.54 Å². The van der Waals surface area contributed by atoms with Crippen LogP contribution >= 0.6 is 0 Å². The van der Waals surface area contributed by atoms with Crippen molar-refractivity contribution < 1.29 is 8.42 Å². The normalized spacial score (nSPS) is 12.1. The molecule has 0 saturated carbocycles. The van der Waals surface area contributed by atoms with Gasteiger partial charge in [-0.3, -0.25) is 0 Å². The van der Waals surface area contributed by atoms with Gasteiger partial charge in [0.25, 0.3) is 0 Å². The van der Waals surface area contributed by atoms with Crippen molar-refractivity contribution in [2.45, 2.75) is 45.4 Å². The minimum absolute atomic E-state index is 0.219. The topological polar surface area (TPSA) is 72.2 Å². The molecule has 19 heavy (non-hydrogen) atoms. The van der Waals surface area contributed by atoms with E-state index in [2.05, 4.69) is 18.6 Å². The molecule has 0 aliphatic carbocycles. The molecule has 0 fully saturated rings. The van der Waals surface area contributed by atoms with Crippen LogP contribution in [0.2, 0.25) is 0 Å². The zero-order chi connectivity index (χ0) is 14.6. The van der Waals surface area contributed by atoms with E-state index in [-0.39, 0.29) is 4.90 Å². The molecule has 0 aliphatic heterocycles. The van der Waals surface area contributed by atoms with E-state index in [4.69, 9.17) is 5.73 Å². The first-order chi connectivity index (χ1) is 8.75. The van der Waals surface area contributed by atoms with E-state index < -0.39 is 10.0 Å². The van der Waals surface area contributed by atoms with Gasteiger partial charge in [0.2, 0.25) is 10.0 Å². The van der Waals surface area contributed by atoms with Crippen molar-refractivity contribution in [3.8, 4) is 0 Å². The number of nitrogen functional groups attached to an aromatic ring is 1. The largest absolute Gasteiger partial charge is 0.398 e. The van der Waals surface area contributed by atoms with Crippen molar-refractivity contribution in [3.05, 3.63) is 23.3 Å². The fourth-order valence-electron chi connectivity index (χ4n) is 1.96. The summed E-state index contributed by atoms with van der Waals surface area (Å²) in [4.78, 5) is 0.219. The molecule has 0 spiro atoms. The van der Waals surface area contributed by atoms with Gasteiger partial charge in [-0.05, 0) is 49.8 Å². The fourth-order valence-corrected chi connectivity index (χ4v) is 3.46. The van der Waals surface area contributed by atoms with E-state index in [9.17, 15) is 8.42 Å². The number of rotatable bonds is 6. The van der Waals surface area contributed by atoms with Gasteiger partial charge in [-0.2, -0.15) is 0 Å². The Morgan fingerprint density at radius 1 is 1.26 bits per heavy atom. The Balaban J connectivity index is 2.86. The third-order valence-corrected chi connectivity index (χ3v) is 4.89. The van der Waals surface area contributed by atoms with Crippen LogP contribution in [0, 0.1) is 19.8 Å². The zero-order valence-electron chi connectivity index (χ0n) is 12.2. The lowest BCUT2D eigenvalue weighted by Gasteiger charge is -2.13. The zero-order valence-corrected chi connectivity index (χ0v) is 13.0. The summed E-state index contributed by atoms with van der Waals surface area (Å²) in [5.41, 5.74) is 7.76. The van der Waals surface area contributed by atoms with Gasteiger partial charge in [-0.15, -0.1) is 0 Å². The summed E-state index contributed by atoms with van der Waals surface area (Å²) in [6.45, 7) is 8.36. The van der Waals surface area contributed by atoms with Gasteiger partial charge in [-0.25, -0.2) is 13.1 Å². The number of sulfonamides is 1. The summed E-state index contributed by atoms with van der Waals surface area (Å²) in [7, 11) is -3.52. The summed E-state index contributed by atoms with van der Waals surface area (Å²) in [5, 5.41) is 0. The van der Waals surface area contributed by atoms with Crippen molar-refractivity contribution >= 4 is 15.7 Å². The summed E-state index contributed by atoms with van der Waals surface area (Å²) in [5.74, 6) is 0.579. The van der Waals surface area contributed by atoms with Crippen molar-refractivity contribution in [2.75, 3.05) is 12.3 Å². The van der Waals surface area contributed by atoms with Crippen LogP contribution in [0.1, 0.15) is 37.8 Å². The first kappa shape index (κ1) is 16.0. The van der Waals surface area contributed by atoms with Crippen LogP contribution in [0.5, 0.6) is 0 Å². The predicted octanol–water partition coefficient (Wildman–Crippen LogP) is 2.60. The highest BCUT2D eigenvalue weighted by Gasteiger charge is 2.20. The molecule has 3 N–H and O–H groups in total. The van der Waals surface area contributed by atoms with Gasteiger partial charge in [0.1, 0.15) is 4.90 Å². The Morgan fingerprint density at radius 3 is 2.47 bits per heavy atom. The molecule has 0 saturated heterocycles. The van der Waals surface area contributed by atoms with Gasteiger partial charge in [-0.1, -0.05) is 19.9 Å². The molecule has 0 unspecified atom stereocenters. The second kappa shape index (κ2) is 6.39. The number of nitrogens with one attached hydrogen (secondary N) is 1. The maximum Gasteiger partial charge on any atom is 0.242 e. The third kappa shape index (κ3) is 4.21. The lowest BCUT2D eigenvalue weighted by atomic mass is 10.1. The van der Waals surface area contributed by atoms with Crippen molar-refractivity contribution in [1.29, 1.82) is 0 Å². The smallest absolute Gasteiger partial charge is 0.242 e. The average molecular weight is 284 g/mol. The highest BCUT2D eigenvalue weighted by atomic mass is 32.2. The molecule has 1 rings (SSSR count). The molecule has 5 heteroatoms. The molecule has 0 amide bonds. The molecule has 0 heterocycles. The van der Waals surface area contributed by atoms with Crippen LogP contribution in [0.25, 0.3) is 0 Å². The van der Waals surface area contributed by atoms with Gasteiger partial charge >= 0.3 is 0 Å². The first-order valence-electron chi connectivity index (χ1n) is 6.61. The monoisotopic (exact) mass is 284 g/mol. The number of hydrogen-bond acceptors (Lipinski definition) is 3. The van der Waals surface area contributed by atoms with Crippen molar-refractivity contribution in [2.24, 2.45) is 5.92 Å². The van der Waals surface area contributed by atoms with E-state index in [1.165, 1.54) is 0 Å². The second-order valence-corrected chi connectivity index (χ2v) is 7.06. The number of anilines is 1. The second-order valence-electron chi connectivity index (χ2n) is 5.36. The molecular weight excluding hydrogens is 260 g/mol. The molecule has 0 bridgehead atoms. The molecule has 0 atom stereocenters. The Labute approximate surface area is 116 Å². The van der Waals surface area contributed by atoms with Gasteiger partial charge in [0.15, 0.2) is 0 Å². The highest BCUT2D eigenvalue weighted by molar-refractivity contribution is 7.89. The van der Waals surface area contributed by atoms with Gasteiger partial charge < -0.3 is 5.73 Å². The van der Waals surface area contributed by atoms with Crippen LogP contribution in [-0.2, 0) is 10.0 Å². The number of benzene rings is 1. The number of aryl methyl sites for hydroxylation is 1. The summed E-state index contributed by atoms with van der Waals surface area (Å²) in [6.07, 6.45) is 1.84. The van der Waals surface area contributed by atoms with Crippen LogP contribution in [0.15, 0.2) is 17.0 Å². The van der Waals surface area contributed by atoms with Crippen LogP contribution < -0.4 is 10.5 Å². The van der Waals surface area contributed by atoms with Gasteiger partial charge in [0.05, 0.1) is 5.69 Å². The average Bonchev–Trinajstić information content (AvgIpc) is 2.29. The van der Waals surface area contributed by atoms with E-state index in [1.807, 2.05) is 13.0 Å². The van der Waals surface area contributed by atoms with E-state index >= 15 is 0 Å². The van der Waals surface area contributed by atoms with Crippen LogP contribution in [0.3, 0.4) is 0 Å². The molecule has 1 aromatic carbocycles. The predicted molar refractivity (Wildman–Crippen MR) is 79.6 cm³/mol. The molecule has 4 nitrogen and oxygen atoms in total. The standard InChI is InChI=1S/C14H24N2O2S/c1-10(2)6-5-9-16-19(17,18)14-12(4)11(3)7-8-13(14)15/h7-8,10,16H,5-6,9,15H2,1-4H3. The third-order valence-electron chi connectivity index (χ3n) is 3.23. The summed E-state index contributed by atoms with van der Waals surface area (Å²) < 4.78 is 27.2. The molecule has 0 radical (unpaired) electrons. The number of nitrogens with two attached hydrogens (primary N) is 1. The maximum atomic E-state index is 12.3. The van der Waals surface area contributed by atoms with Crippen LogP contribution in [-0.4, -0.2) is 15.0 Å². The SMILES string of the molecule is Cc1ccc(N)c(S(=O)(=O)NCCCC(C)C)c1C. The highest BCUT2D eigenvalue weighted by Crippen LogP contribution is 2.25. The fraction of sp³-hybridized carbons (Fsp3) is 0.571. The Hall–Kier alpha value is -1.07. The first-order valence-corrected chi connectivity index (χ1v) is 8.09. The quantitative estimate of drug-likeness (QED) is 0.623. The Morgan fingerprint density at radius 2 is 1.89 bits per heavy atom. The lowest BCUT2D eigenvalue weighted by molar-refractivity contribution is 0.540. The van der Waals surface area contributed by atoms with Crippen molar-refractivity contribution in [3.63, 3.8) is 0 Å². The van der Waals surface area contributed by atoms with E-state index in [0.717, 1.165) is 24.0 Å². The Bertz CT molecular complexity index is 537. The Kier molecular flexibility index (Phi) is 5.38. The maximum absolute atomic E-state index is 12.3. The summed E-state index contributed by atoms with van der Waals surface area (Å²) >= 11 is 0. The van der Waals surface area contributed by atoms with Crippen molar-refractivity contribution in [1.82, 2.24) is 4.72 Å². The van der Waals surface area contributed by atoms with E-state index in [0.29, 0.717) is 18.2 Å². The molecule has 0 aromatic heterocycles. The minimum atomic E-state index is -3.52. The number of hydrogen-bond donors (Lipinski definition) is 2. The van der Waals surface area contributed by atoms with Crippen LogP contribution in [0.4, 0.5) is 5.69 Å². The minimum Gasteiger partial charge on any atom is -0.398 e. The lowest BCUT2D eigenvalue weighted by Crippen LogP contribution is -2.26. The molecule has 0 aliphatic rings. The van der Waals surface area contributed by atoms with E-state index in [1.54, 1.807) is 13.0 Å². The molecular formula is C14H24N2O2S. The molecule has 1 aromatic rings. The molecule has 108 valence electrons.